The molecule has 0 amide bonds. The summed E-state index contributed by atoms with van der Waals surface area (Å²) in [5.41, 5.74) is 0. The Hall–Kier alpha value is -0.770. The second kappa shape index (κ2) is 5.91. The molecule has 1 aromatic rings. The van der Waals surface area contributed by atoms with Gasteiger partial charge in [-0.2, -0.15) is 0 Å². The second-order valence-electron chi connectivity index (χ2n) is 4.39. The fourth-order valence-electron chi connectivity index (χ4n) is 1.40. The van der Waals surface area contributed by atoms with Crippen molar-refractivity contribution in [1.29, 1.82) is 0 Å². The summed E-state index contributed by atoms with van der Waals surface area (Å²) in [6.07, 6.45) is 1.74. The number of carbonyl (C=O) groups excluding carboxylic acids is 1. The van der Waals surface area contributed by atoms with Crippen molar-refractivity contribution >= 4 is 29.2 Å². The van der Waals surface area contributed by atoms with Crippen LogP contribution in [0, 0.1) is 5.92 Å². The first-order valence-electron chi connectivity index (χ1n) is 5.85. The van der Waals surface area contributed by atoms with Gasteiger partial charge in [0.15, 0.2) is 11.9 Å². The Morgan fingerprint density at radius 2 is 2.00 bits per heavy atom. The van der Waals surface area contributed by atoms with Crippen molar-refractivity contribution in [3.8, 4) is 5.75 Å². The minimum atomic E-state index is -0.613. The van der Waals surface area contributed by atoms with Gasteiger partial charge < -0.3 is 9.47 Å². The molecule has 98 valence electrons. The topological polar surface area (TPSA) is 35.5 Å². The van der Waals surface area contributed by atoms with Gasteiger partial charge in [0.1, 0.15) is 0 Å². The lowest BCUT2D eigenvalue weighted by atomic mass is 10.3. The summed E-state index contributed by atoms with van der Waals surface area (Å²) < 4.78 is 10.6. The molecule has 0 bridgehead atoms. The van der Waals surface area contributed by atoms with Crippen LogP contribution in [0.2, 0.25) is 10.0 Å². The standard InChI is InChI=1S/C13H14Cl2O3/c1-8(17-7-9-5-6-9)13(16)18-12-10(14)3-2-4-11(12)15/h2-4,8-9H,5-7H2,1H3. The summed E-state index contributed by atoms with van der Waals surface area (Å²) in [6.45, 7) is 2.27. The molecule has 0 spiro atoms. The van der Waals surface area contributed by atoms with E-state index in [1.165, 1.54) is 12.8 Å². The second-order valence-corrected chi connectivity index (χ2v) is 5.21. The first-order valence-corrected chi connectivity index (χ1v) is 6.61. The summed E-state index contributed by atoms with van der Waals surface area (Å²) in [4.78, 5) is 11.8. The third kappa shape index (κ3) is 3.61. The maximum atomic E-state index is 11.8. The number of carbonyl (C=O) groups is 1. The van der Waals surface area contributed by atoms with E-state index in [9.17, 15) is 4.79 Å². The predicted molar refractivity (Wildman–Crippen MR) is 70.2 cm³/mol. The van der Waals surface area contributed by atoms with Gasteiger partial charge in [-0.3, -0.25) is 0 Å². The predicted octanol–water partition coefficient (Wildman–Crippen LogP) is 3.71. The van der Waals surface area contributed by atoms with Crippen LogP contribution >= 0.6 is 23.2 Å². The van der Waals surface area contributed by atoms with Crippen LogP contribution in [0.15, 0.2) is 18.2 Å². The number of ether oxygens (including phenoxy) is 2. The molecule has 0 N–H and O–H groups in total. The number of hydrogen-bond donors (Lipinski definition) is 0. The van der Waals surface area contributed by atoms with Crippen molar-refractivity contribution in [1.82, 2.24) is 0 Å². The molecule has 1 saturated carbocycles. The van der Waals surface area contributed by atoms with Crippen LogP contribution in [0.3, 0.4) is 0 Å². The van der Waals surface area contributed by atoms with E-state index >= 15 is 0 Å². The Labute approximate surface area is 116 Å². The van der Waals surface area contributed by atoms with Crippen molar-refractivity contribution < 1.29 is 14.3 Å². The maximum absolute atomic E-state index is 11.8. The minimum Gasteiger partial charge on any atom is -0.421 e. The molecule has 0 radical (unpaired) electrons. The van der Waals surface area contributed by atoms with Crippen LogP contribution in [0.25, 0.3) is 0 Å². The lowest BCUT2D eigenvalue weighted by molar-refractivity contribution is -0.146. The van der Waals surface area contributed by atoms with Gasteiger partial charge in [-0.25, -0.2) is 4.79 Å². The molecule has 0 saturated heterocycles. The van der Waals surface area contributed by atoms with Gasteiger partial charge in [0.25, 0.3) is 0 Å². The lowest BCUT2D eigenvalue weighted by Gasteiger charge is -2.13. The van der Waals surface area contributed by atoms with E-state index in [1.54, 1.807) is 25.1 Å². The number of rotatable bonds is 5. The molecule has 2 rings (SSSR count). The lowest BCUT2D eigenvalue weighted by Crippen LogP contribution is -2.26. The maximum Gasteiger partial charge on any atom is 0.340 e. The molecule has 5 heteroatoms. The number of para-hydroxylation sites is 1. The zero-order chi connectivity index (χ0) is 13.1. The van der Waals surface area contributed by atoms with Gasteiger partial charge in [-0.15, -0.1) is 0 Å². The molecular formula is C13H14Cl2O3. The highest BCUT2D eigenvalue weighted by molar-refractivity contribution is 6.37. The van der Waals surface area contributed by atoms with Crippen LogP contribution in [-0.4, -0.2) is 18.7 Å². The summed E-state index contributed by atoms with van der Waals surface area (Å²) in [5, 5.41) is 0.621. The van der Waals surface area contributed by atoms with Crippen molar-refractivity contribution in [3.63, 3.8) is 0 Å². The van der Waals surface area contributed by atoms with Crippen molar-refractivity contribution in [2.45, 2.75) is 25.9 Å². The fourth-order valence-corrected chi connectivity index (χ4v) is 1.87. The largest absolute Gasteiger partial charge is 0.421 e. The number of benzene rings is 1. The molecule has 0 aliphatic heterocycles. The number of esters is 1. The highest BCUT2D eigenvalue weighted by Crippen LogP contribution is 2.33. The molecule has 3 nitrogen and oxygen atoms in total. The number of halogens is 2. The molecule has 0 heterocycles. The van der Waals surface area contributed by atoms with Gasteiger partial charge in [0.2, 0.25) is 0 Å². The van der Waals surface area contributed by atoms with E-state index in [0.29, 0.717) is 22.6 Å². The van der Waals surface area contributed by atoms with Gasteiger partial charge in [0, 0.05) is 0 Å². The average molecular weight is 289 g/mol. The van der Waals surface area contributed by atoms with Crippen molar-refractivity contribution in [3.05, 3.63) is 28.2 Å². The molecule has 1 aromatic carbocycles. The van der Waals surface area contributed by atoms with Crippen molar-refractivity contribution in [2.75, 3.05) is 6.61 Å². The summed E-state index contributed by atoms with van der Waals surface area (Å²) in [7, 11) is 0. The minimum absolute atomic E-state index is 0.188. The van der Waals surface area contributed by atoms with E-state index in [-0.39, 0.29) is 5.75 Å². The molecule has 1 aliphatic rings. The van der Waals surface area contributed by atoms with Crippen LogP contribution < -0.4 is 4.74 Å². The van der Waals surface area contributed by atoms with E-state index in [1.807, 2.05) is 0 Å². The summed E-state index contributed by atoms with van der Waals surface area (Å²) in [6, 6.07) is 4.92. The molecule has 1 aliphatic carbocycles. The summed E-state index contributed by atoms with van der Waals surface area (Å²) in [5.74, 6) is 0.308. The molecule has 1 atom stereocenters. The van der Waals surface area contributed by atoms with Gasteiger partial charge in [0.05, 0.1) is 16.7 Å². The third-order valence-electron chi connectivity index (χ3n) is 2.73. The molecular weight excluding hydrogens is 275 g/mol. The zero-order valence-electron chi connectivity index (χ0n) is 9.99. The number of hydrogen-bond acceptors (Lipinski definition) is 3. The molecule has 1 unspecified atom stereocenters. The zero-order valence-corrected chi connectivity index (χ0v) is 11.5. The molecule has 18 heavy (non-hydrogen) atoms. The monoisotopic (exact) mass is 288 g/mol. The van der Waals surface area contributed by atoms with Gasteiger partial charge in [-0.1, -0.05) is 29.3 Å². The van der Waals surface area contributed by atoms with E-state index in [2.05, 4.69) is 0 Å². The van der Waals surface area contributed by atoms with Crippen molar-refractivity contribution in [2.24, 2.45) is 5.92 Å². The Kier molecular flexibility index (Phi) is 4.49. The first-order chi connectivity index (χ1) is 8.58. The third-order valence-corrected chi connectivity index (χ3v) is 3.33. The molecule has 0 aromatic heterocycles. The fraction of sp³-hybridized carbons (Fsp3) is 0.462. The van der Waals surface area contributed by atoms with E-state index in [0.717, 1.165) is 0 Å². The highest BCUT2D eigenvalue weighted by atomic mass is 35.5. The normalized spacial score (nSPS) is 16.4. The Balaban J connectivity index is 1.92. The highest BCUT2D eigenvalue weighted by Gasteiger charge is 2.25. The van der Waals surface area contributed by atoms with E-state index in [4.69, 9.17) is 32.7 Å². The average Bonchev–Trinajstić information content (AvgIpc) is 3.14. The SMILES string of the molecule is CC(OCC1CC1)C(=O)Oc1c(Cl)cccc1Cl. The van der Waals surface area contributed by atoms with Gasteiger partial charge in [-0.05, 0) is 37.8 Å². The van der Waals surface area contributed by atoms with Crippen LogP contribution in [0.1, 0.15) is 19.8 Å². The smallest absolute Gasteiger partial charge is 0.340 e. The Morgan fingerprint density at radius 1 is 1.39 bits per heavy atom. The molecule has 1 fully saturated rings. The Bertz CT molecular complexity index is 424. The summed E-state index contributed by atoms with van der Waals surface area (Å²) >= 11 is 11.8. The van der Waals surface area contributed by atoms with Crippen LogP contribution in [-0.2, 0) is 9.53 Å². The van der Waals surface area contributed by atoms with Crippen LogP contribution in [0.4, 0.5) is 0 Å². The Morgan fingerprint density at radius 3 is 2.56 bits per heavy atom. The van der Waals surface area contributed by atoms with Gasteiger partial charge >= 0.3 is 5.97 Å². The quantitative estimate of drug-likeness (QED) is 0.612. The van der Waals surface area contributed by atoms with Crippen LogP contribution in [0.5, 0.6) is 5.75 Å². The first kappa shape index (κ1) is 13.7. The van der Waals surface area contributed by atoms with E-state index < -0.39 is 12.1 Å².